The lowest BCUT2D eigenvalue weighted by molar-refractivity contribution is -0.0378. The molecular formula is C30H52. The molecule has 0 nitrogen and oxygen atoms in total. The summed E-state index contributed by atoms with van der Waals surface area (Å²) in [5.74, 6) is 8.96. The molecule has 2 unspecified atom stereocenters. The van der Waals surface area contributed by atoms with E-state index in [1.54, 1.807) is 116 Å². The normalized spacial score (nSPS) is 39.2. The van der Waals surface area contributed by atoms with Crippen LogP contribution in [-0.4, -0.2) is 0 Å². The fourth-order valence-corrected chi connectivity index (χ4v) is 9.75. The number of hydrogen-bond donors (Lipinski definition) is 0. The van der Waals surface area contributed by atoms with Crippen LogP contribution < -0.4 is 0 Å². The summed E-state index contributed by atoms with van der Waals surface area (Å²) in [5, 5.41) is 0. The van der Waals surface area contributed by atoms with Crippen LogP contribution in [0.3, 0.4) is 0 Å². The molecule has 0 aromatic heterocycles. The van der Waals surface area contributed by atoms with E-state index in [1.165, 1.54) is 25.7 Å². The third-order valence-electron chi connectivity index (χ3n) is 11.2. The highest BCUT2D eigenvalue weighted by molar-refractivity contribution is 4.97. The van der Waals surface area contributed by atoms with Crippen molar-refractivity contribution in [2.24, 2.45) is 47.3 Å². The van der Waals surface area contributed by atoms with Crippen LogP contribution >= 0.6 is 0 Å². The van der Waals surface area contributed by atoms with E-state index in [1.807, 2.05) is 0 Å². The Balaban J connectivity index is 1.39. The van der Waals surface area contributed by atoms with Crippen molar-refractivity contribution in [2.45, 2.75) is 141 Å². The van der Waals surface area contributed by atoms with Gasteiger partial charge in [0.25, 0.3) is 0 Å². The van der Waals surface area contributed by atoms with Gasteiger partial charge in [-0.05, 0) is 60.2 Å². The lowest BCUT2D eigenvalue weighted by Crippen LogP contribution is -2.45. The molecule has 5 aliphatic rings. The fraction of sp³-hybridized carbons (Fsp3) is 1.00. The van der Waals surface area contributed by atoms with Crippen molar-refractivity contribution in [1.29, 1.82) is 0 Å². The van der Waals surface area contributed by atoms with Gasteiger partial charge in [0.15, 0.2) is 0 Å². The lowest BCUT2D eigenvalue weighted by atomic mass is 9.52. The van der Waals surface area contributed by atoms with Gasteiger partial charge in [0.2, 0.25) is 0 Å². The van der Waals surface area contributed by atoms with Crippen molar-refractivity contribution in [3.8, 4) is 0 Å². The molecule has 5 aliphatic carbocycles. The van der Waals surface area contributed by atoms with E-state index >= 15 is 0 Å². The van der Waals surface area contributed by atoms with Crippen LogP contribution in [0.2, 0.25) is 0 Å². The molecule has 5 saturated carbocycles. The molecule has 0 aromatic carbocycles. The SMILES string of the molecule is C1CCC(C2CC(C3CCCCC3)[C@H](C3CCCCC3)C[C@@H]2C2CCCCC2)CC1. The predicted octanol–water partition coefficient (Wildman–Crippen LogP) is 9.57. The summed E-state index contributed by atoms with van der Waals surface area (Å²) in [4.78, 5) is 0. The Labute approximate surface area is 188 Å². The van der Waals surface area contributed by atoms with Crippen LogP contribution in [0.4, 0.5) is 0 Å². The molecule has 0 radical (unpaired) electrons. The minimum absolute atomic E-state index is 1.11. The zero-order valence-corrected chi connectivity index (χ0v) is 20.2. The van der Waals surface area contributed by atoms with Gasteiger partial charge >= 0.3 is 0 Å². The van der Waals surface area contributed by atoms with Gasteiger partial charge in [-0.15, -0.1) is 0 Å². The lowest BCUT2D eigenvalue weighted by Gasteiger charge is -2.53. The average molecular weight is 413 g/mol. The highest BCUT2D eigenvalue weighted by Crippen LogP contribution is 2.56. The first kappa shape index (κ1) is 21.8. The summed E-state index contributed by atoms with van der Waals surface area (Å²) in [7, 11) is 0. The first-order chi connectivity index (χ1) is 14.9. The van der Waals surface area contributed by atoms with Crippen LogP contribution in [0.25, 0.3) is 0 Å². The van der Waals surface area contributed by atoms with Crippen molar-refractivity contribution < 1.29 is 0 Å². The molecule has 30 heavy (non-hydrogen) atoms. The summed E-state index contributed by atoms with van der Waals surface area (Å²) in [6.45, 7) is 0. The third kappa shape index (κ3) is 4.98. The quantitative estimate of drug-likeness (QED) is 0.431. The minimum atomic E-state index is 1.11. The molecule has 0 aromatic rings. The molecule has 0 heteroatoms. The molecule has 5 fully saturated rings. The fourth-order valence-electron chi connectivity index (χ4n) is 9.75. The molecular weight excluding hydrogens is 360 g/mol. The topological polar surface area (TPSA) is 0 Å². The Hall–Kier alpha value is 0. The smallest absolute Gasteiger partial charge is 0.0352 e. The van der Waals surface area contributed by atoms with Gasteiger partial charge in [-0.3, -0.25) is 0 Å². The van der Waals surface area contributed by atoms with Crippen LogP contribution in [0.5, 0.6) is 0 Å². The molecule has 0 saturated heterocycles. The zero-order chi connectivity index (χ0) is 20.2. The Morgan fingerprint density at radius 2 is 0.433 bits per heavy atom. The average Bonchev–Trinajstić information content (AvgIpc) is 2.85. The minimum Gasteiger partial charge on any atom is -0.0533 e. The van der Waals surface area contributed by atoms with E-state index in [0.29, 0.717) is 0 Å². The van der Waals surface area contributed by atoms with E-state index in [4.69, 9.17) is 0 Å². The van der Waals surface area contributed by atoms with Gasteiger partial charge in [0.05, 0.1) is 0 Å². The number of hydrogen-bond acceptors (Lipinski definition) is 0. The molecule has 0 heterocycles. The van der Waals surface area contributed by atoms with Crippen LogP contribution in [-0.2, 0) is 0 Å². The maximum Gasteiger partial charge on any atom is -0.0352 e. The summed E-state index contributed by atoms with van der Waals surface area (Å²) < 4.78 is 0. The van der Waals surface area contributed by atoms with Gasteiger partial charge in [0, 0.05) is 0 Å². The second kappa shape index (κ2) is 10.7. The summed E-state index contributed by atoms with van der Waals surface area (Å²) >= 11 is 0. The molecule has 0 aliphatic heterocycles. The van der Waals surface area contributed by atoms with Crippen molar-refractivity contribution in [3.63, 3.8) is 0 Å². The standard InChI is InChI=1S/C30H52/c1-5-13-23(14-6-1)27-21-29(25-17-9-3-10-18-25)30(26-19-11-4-12-20-26)22-28(27)24-15-7-2-8-16-24/h23-30H,1-22H2/t27-,28?,29+,30?. The highest BCUT2D eigenvalue weighted by atomic mass is 14.5. The molecule has 0 spiro atoms. The van der Waals surface area contributed by atoms with Gasteiger partial charge < -0.3 is 0 Å². The highest BCUT2D eigenvalue weighted by Gasteiger charge is 2.47. The van der Waals surface area contributed by atoms with Gasteiger partial charge in [-0.2, -0.15) is 0 Å². The van der Waals surface area contributed by atoms with E-state index < -0.39 is 0 Å². The first-order valence-corrected chi connectivity index (χ1v) is 14.9. The molecule has 4 atom stereocenters. The van der Waals surface area contributed by atoms with Gasteiger partial charge in [0.1, 0.15) is 0 Å². The van der Waals surface area contributed by atoms with E-state index in [0.717, 1.165) is 47.3 Å². The Morgan fingerprint density at radius 1 is 0.233 bits per heavy atom. The first-order valence-electron chi connectivity index (χ1n) is 14.9. The van der Waals surface area contributed by atoms with E-state index in [-0.39, 0.29) is 0 Å². The second-order valence-electron chi connectivity index (χ2n) is 12.7. The van der Waals surface area contributed by atoms with Crippen LogP contribution in [0.1, 0.15) is 141 Å². The maximum atomic E-state index is 1.68. The molecule has 0 N–H and O–H groups in total. The molecule has 172 valence electrons. The molecule has 0 bridgehead atoms. The summed E-state index contributed by atoms with van der Waals surface area (Å²) in [6, 6.07) is 0. The second-order valence-corrected chi connectivity index (χ2v) is 12.7. The van der Waals surface area contributed by atoms with Gasteiger partial charge in [-0.1, -0.05) is 128 Å². The monoisotopic (exact) mass is 412 g/mol. The Morgan fingerprint density at radius 3 is 0.633 bits per heavy atom. The largest absolute Gasteiger partial charge is 0.0533 e. The van der Waals surface area contributed by atoms with Crippen LogP contribution in [0.15, 0.2) is 0 Å². The number of rotatable bonds is 4. The summed E-state index contributed by atoms with van der Waals surface area (Å²) in [6.07, 6.45) is 34.7. The van der Waals surface area contributed by atoms with Crippen LogP contribution in [0, 0.1) is 47.3 Å². The maximum absolute atomic E-state index is 1.68. The van der Waals surface area contributed by atoms with Crippen molar-refractivity contribution >= 4 is 0 Å². The van der Waals surface area contributed by atoms with Crippen molar-refractivity contribution in [1.82, 2.24) is 0 Å². The predicted molar refractivity (Wildman–Crippen MR) is 129 cm³/mol. The van der Waals surface area contributed by atoms with E-state index in [9.17, 15) is 0 Å². The summed E-state index contributed by atoms with van der Waals surface area (Å²) in [5.41, 5.74) is 0. The Bertz CT molecular complexity index is 394. The van der Waals surface area contributed by atoms with Gasteiger partial charge in [-0.25, -0.2) is 0 Å². The Kier molecular flexibility index (Phi) is 7.82. The van der Waals surface area contributed by atoms with Crippen molar-refractivity contribution in [3.05, 3.63) is 0 Å². The van der Waals surface area contributed by atoms with Crippen molar-refractivity contribution in [2.75, 3.05) is 0 Å². The third-order valence-corrected chi connectivity index (χ3v) is 11.2. The van der Waals surface area contributed by atoms with E-state index in [2.05, 4.69) is 0 Å². The molecule has 0 amide bonds. The molecule has 5 rings (SSSR count). The zero-order valence-electron chi connectivity index (χ0n) is 20.2.